The summed E-state index contributed by atoms with van der Waals surface area (Å²) in [6, 6.07) is 8.64. The van der Waals surface area contributed by atoms with Crippen molar-refractivity contribution in [3.05, 3.63) is 29.8 Å². The normalized spacial score (nSPS) is 34.9. The minimum Gasteiger partial charge on any atom is -0.465 e. The fraction of sp³-hybridized carbons (Fsp3) is 0.739. The third-order valence-electron chi connectivity index (χ3n) is 6.83. The molecule has 2 nitrogen and oxygen atoms in total. The Morgan fingerprint density at radius 3 is 2.04 bits per heavy atom. The highest BCUT2D eigenvalue weighted by molar-refractivity contribution is 14.1. The van der Waals surface area contributed by atoms with Gasteiger partial charge >= 0.3 is 0 Å². The van der Waals surface area contributed by atoms with Gasteiger partial charge in [0.2, 0.25) is 6.29 Å². The number of hydrogen-bond acceptors (Lipinski definition) is 2. The summed E-state index contributed by atoms with van der Waals surface area (Å²) in [5, 5.41) is 0. The molecule has 0 saturated heterocycles. The second kappa shape index (κ2) is 7.98. The molecule has 0 aromatic heterocycles. The third kappa shape index (κ3) is 3.94. The molecule has 0 spiro atoms. The summed E-state index contributed by atoms with van der Waals surface area (Å²) in [7, 11) is 0. The minimum atomic E-state index is -0.134. The second-order valence-electron chi connectivity index (χ2n) is 9.21. The fourth-order valence-corrected chi connectivity index (χ4v) is 6.11. The lowest BCUT2D eigenvalue weighted by Crippen LogP contribution is -2.51. The molecule has 0 radical (unpaired) electrons. The molecule has 0 N–H and O–H groups in total. The Kier molecular flexibility index (Phi) is 5.85. The smallest absolute Gasteiger partial charge is 0.202 e. The molecule has 1 aromatic carbocycles. The van der Waals surface area contributed by atoms with Crippen LogP contribution in [-0.2, 0) is 4.74 Å². The predicted molar refractivity (Wildman–Crippen MR) is 115 cm³/mol. The van der Waals surface area contributed by atoms with Crippen molar-refractivity contribution in [2.75, 3.05) is 0 Å². The monoisotopic (exact) mass is 468 g/mol. The molecule has 4 fully saturated rings. The first-order valence-corrected chi connectivity index (χ1v) is 11.8. The second-order valence-corrected chi connectivity index (χ2v) is 10.7. The molecule has 144 valence electrons. The topological polar surface area (TPSA) is 18.5 Å². The van der Waals surface area contributed by atoms with E-state index in [0.29, 0.717) is 15.9 Å². The molecule has 2 unspecified atom stereocenters. The van der Waals surface area contributed by atoms with Crippen molar-refractivity contribution in [2.24, 2.45) is 29.6 Å². The molecule has 4 saturated carbocycles. The predicted octanol–water partition coefficient (Wildman–Crippen LogP) is 6.77. The lowest BCUT2D eigenvalue weighted by atomic mass is 9.55. The number of ether oxygens (including phenoxy) is 2. The molecular formula is C23H33IO2. The highest BCUT2D eigenvalue weighted by Crippen LogP contribution is 2.55. The van der Waals surface area contributed by atoms with E-state index in [-0.39, 0.29) is 6.29 Å². The van der Waals surface area contributed by atoms with Gasteiger partial charge in [0, 0.05) is 9.84 Å². The van der Waals surface area contributed by atoms with Crippen LogP contribution in [0.25, 0.3) is 0 Å². The molecule has 2 atom stereocenters. The number of alkyl halides is 1. The maximum absolute atomic E-state index is 6.67. The van der Waals surface area contributed by atoms with E-state index >= 15 is 0 Å². The zero-order valence-electron chi connectivity index (χ0n) is 16.4. The van der Waals surface area contributed by atoms with Crippen molar-refractivity contribution in [1.82, 2.24) is 0 Å². The molecule has 0 heterocycles. The number of benzene rings is 1. The zero-order valence-corrected chi connectivity index (χ0v) is 18.5. The van der Waals surface area contributed by atoms with Gasteiger partial charge in [0.15, 0.2) is 0 Å². The first-order chi connectivity index (χ1) is 12.5. The van der Waals surface area contributed by atoms with E-state index < -0.39 is 0 Å². The third-order valence-corrected chi connectivity index (χ3v) is 8.43. The first kappa shape index (κ1) is 19.0. The Morgan fingerprint density at radius 1 is 0.962 bits per heavy atom. The number of rotatable bonds is 7. The van der Waals surface area contributed by atoms with Crippen molar-refractivity contribution in [3.63, 3.8) is 0 Å². The molecule has 4 bridgehead atoms. The van der Waals surface area contributed by atoms with Crippen LogP contribution in [0, 0.1) is 29.6 Å². The Bertz CT molecular complexity index is 569. The van der Waals surface area contributed by atoms with Gasteiger partial charge in [-0.05, 0) is 79.9 Å². The van der Waals surface area contributed by atoms with Crippen LogP contribution in [0.5, 0.6) is 5.75 Å². The lowest BCUT2D eigenvalue weighted by molar-refractivity contribution is -0.210. The van der Waals surface area contributed by atoms with Crippen molar-refractivity contribution in [3.8, 4) is 5.75 Å². The summed E-state index contributed by atoms with van der Waals surface area (Å²) >= 11 is 2.51. The van der Waals surface area contributed by atoms with Crippen molar-refractivity contribution < 1.29 is 9.47 Å². The maximum atomic E-state index is 6.67. The van der Waals surface area contributed by atoms with Gasteiger partial charge in [0.05, 0.1) is 6.10 Å². The molecule has 26 heavy (non-hydrogen) atoms. The molecule has 4 aliphatic carbocycles. The highest BCUT2D eigenvalue weighted by Gasteiger charge is 2.49. The molecule has 0 aliphatic heterocycles. The van der Waals surface area contributed by atoms with Crippen LogP contribution < -0.4 is 4.74 Å². The molecule has 1 aromatic rings. The zero-order chi connectivity index (χ0) is 18.3. The molecule has 4 aliphatic rings. The number of hydrogen-bond donors (Lipinski definition) is 0. The van der Waals surface area contributed by atoms with Gasteiger partial charge < -0.3 is 9.47 Å². The summed E-state index contributed by atoms with van der Waals surface area (Å²) in [5.74, 6) is 4.84. The summed E-state index contributed by atoms with van der Waals surface area (Å²) in [4.78, 5) is 0. The largest absolute Gasteiger partial charge is 0.465 e. The van der Waals surface area contributed by atoms with Crippen LogP contribution in [-0.4, -0.2) is 12.4 Å². The first-order valence-electron chi connectivity index (χ1n) is 10.6. The Hall–Kier alpha value is -0.290. The van der Waals surface area contributed by atoms with Crippen LogP contribution in [0.3, 0.4) is 0 Å². The Labute approximate surface area is 172 Å². The van der Waals surface area contributed by atoms with Crippen molar-refractivity contribution in [2.45, 2.75) is 75.6 Å². The van der Waals surface area contributed by atoms with Gasteiger partial charge in [-0.15, -0.1) is 0 Å². The summed E-state index contributed by atoms with van der Waals surface area (Å²) in [6.07, 6.45) is 8.52. The van der Waals surface area contributed by atoms with E-state index in [4.69, 9.17) is 9.47 Å². The summed E-state index contributed by atoms with van der Waals surface area (Å²) < 4.78 is 13.6. The average Bonchev–Trinajstić information content (AvgIpc) is 2.63. The molecule has 5 rings (SSSR count). The standard InChI is InChI=1S/C23H33IO2/c1-4-21(24)17-5-7-20(8-6-17)25-23(14(2)3)26-22-18-10-15-9-16(12-18)13-19(22)11-15/h5-8,14-16,18-19,21-23H,4,9-13H2,1-3H3. The van der Waals surface area contributed by atoms with E-state index in [0.717, 1.165) is 35.8 Å². The van der Waals surface area contributed by atoms with Crippen LogP contribution in [0.1, 0.15) is 68.8 Å². The van der Waals surface area contributed by atoms with Crippen LogP contribution in [0.4, 0.5) is 0 Å². The van der Waals surface area contributed by atoms with E-state index in [9.17, 15) is 0 Å². The Morgan fingerprint density at radius 2 is 1.54 bits per heavy atom. The molecule has 0 amide bonds. The van der Waals surface area contributed by atoms with Gasteiger partial charge in [-0.2, -0.15) is 0 Å². The van der Waals surface area contributed by atoms with Gasteiger partial charge in [-0.3, -0.25) is 0 Å². The SMILES string of the molecule is CCC(I)c1ccc(OC(OC2C3CC4CC(C3)CC2C4)C(C)C)cc1. The van der Waals surface area contributed by atoms with E-state index in [1.54, 1.807) is 0 Å². The van der Waals surface area contributed by atoms with Gasteiger partial charge in [0.1, 0.15) is 5.75 Å². The maximum Gasteiger partial charge on any atom is 0.202 e. The van der Waals surface area contributed by atoms with Crippen LogP contribution in [0.2, 0.25) is 0 Å². The van der Waals surface area contributed by atoms with E-state index in [2.05, 4.69) is 67.6 Å². The average molecular weight is 468 g/mol. The lowest BCUT2D eigenvalue weighted by Gasteiger charge is -2.54. The van der Waals surface area contributed by atoms with Crippen molar-refractivity contribution >= 4 is 22.6 Å². The van der Waals surface area contributed by atoms with Gasteiger partial charge in [-0.1, -0.05) is 55.5 Å². The minimum absolute atomic E-state index is 0.134. The highest BCUT2D eigenvalue weighted by atomic mass is 127. The van der Waals surface area contributed by atoms with Gasteiger partial charge in [0.25, 0.3) is 0 Å². The van der Waals surface area contributed by atoms with Crippen molar-refractivity contribution in [1.29, 1.82) is 0 Å². The molecule has 3 heteroatoms. The van der Waals surface area contributed by atoms with Crippen LogP contribution >= 0.6 is 22.6 Å². The van der Waals surface area contributed by atoms with E-state index in [1.165, 1.54) is 37.7 Å². The summed E-state index contributed by atoms with van der Waals surface area (Å²) in [5.41, 5.74) is 1.38. The Balaban J connectivity index is 1.42. The fourth-order valence-electron chi connectivity index (χ4n) is 5.70. The quantitative estimate of drug-likeness (QED) is 0.250. The summed E-state index contributed by atoms with van der Waals surface area (Å²) in [6.45, 7) is 6.66. The van der Waals surface area contributed by atoms with E-state index in [1.807, 2.05) is 0 Å². The molecular weight excluding hydrogens is 435 g/mol. The van der Waals surface area contributed by atoms with Gasteiger partial charge in [-0.25, -0.2) is 0 Å². The van der Waals surface area contributed by atoms with Crippen LogP contribution in [0.15, 0.2) is 24.3 Å². The number of halogens is 1.